The van der Waals surface area contributed by atoms with Crippen molar-refractivity contribution in [2.24, 2.45) is 0 Å². The zero-order valence-corrected chi connectivity index (χ0v) is 14.0. The van der Waals surface area contributed by atoms with E-state index < -0.39 is 6.61 Å². The van der Waals surface area contributed by atoms with Crippen LogP contribution in [-0.2, 0) is 9.53 Å². The predicted molar refractivity (Wildman–Crippen MR) is 89.1 cm³/mol. The van der Waals surface area contributed by atoms with Gasteiger partial charge in [-0.2, -0.15) is 8.78 Å². The number of alkyl halides is 2. The van der Waals surface area contributed by atoms with Crippen molar-refractivity contribution in [2.75, 3.05) is 31.3 Å². The number of rotatable bonds is 4. The standard InChI is InChI=1S/C14H16F2N2O3S2/c1-20-12(19)11-8-18(6-7-23-11)14(22)17-9-2-4-10(5-3-9)21-13(15)16/h2-5,11,13H,6-8H2,1H3,(H,17,22)/t11-/m0/s1. The third kappa shape index (κ3) is 5.21. The summed E-state index contributed by atoms with van der Waals surface area (Å²) in [5.41, 5.74) is 0.657. The molecule has 0 saturated carbocycles. The number of anilines is 1. The molecule has 1 atom stereocenters. The highest BCUT2D eigenvalue weighted by molar-refractivity contribution is 8.00. The molecule has 0 aliphatic carbocycles. The average Bonchev–Trinajstić information content (AvgIpc) is 2.55. The molecule has 1 aliphatic rings. The third-order valence-corrected chi connectivity index (χ3v) is 4.67. The van der Waals surface area contributed by atoms with Gasteiger partial charge in [0.2, 0.25) is 0 Å². The number of halogens is 2. The van der Waals surface area contributed by atoms with Crippen molar-refractivity contribution in [3.63, 3.8) is 0 Å². The number of hydrogen-bond donors (Lipinski definition) is 1. The van der Waals surface area contributed by atoms with Crippen molar-refractivity contribution in [2.45, 2.75) is 11.9 Å². The van der Waals surface area contributed by atoms with Crippen LogP contribution in [0.5, 0.6) is 5.75 Å². The Morgan fingerprint density at radius 2 is 2.13 bits per heavy atom. The molecule has 1 aromatic carbocycles. The molecule has 1 N–H and O–H groups in total. The highest BCUT2D eigenvalue weighted by Crippen LogP contribution is 2.22. The van der Waals surface area contributed by atoms with Crippen LogP contribution >= 0.6 is 24.0 Å². The molecule has 0 unspecified atom stereocenters. The second kappa shape index (κ2) is 8.30. The number of ether oxygens (including phenoxy) is 2. The van der Waals surface area contributed by atoms with Crippen LogP contribution in [-0.4, -0.2) is 53.8 Å². The number of methoxy groups -OCH3 is 1. The molecule has 9 heteroatoms. The normalized spacial score (nSPS) is 17.7. The maximum Gasteiger partial charge on any atom is 0.387 e. The van der Waals surface area contributed by atoms with Crippen molar-refractivity contribution in [1.29, 1.82) is 0 Å². The monoisotopic (exact) mass is 362 g/mol. The van der Waals surface area contributed by atoms with Gasteiger partial charge in [-0.1, -0.05) is 0 Å². The molecule has 1 aliphatic heterocycles. The summed E-state index contributed by atoms with van der Waals surface area (Å²) in [7, 11) is 1.36. The first-order chi connectivity index (χ1) is 11.0. The molecular weight excluding hydrogens is 346 g/mol. The molecule has 0 radical (unpaired) electrons. The van der Waals surface area contributed by atoms with E-state index in [2.05, 4.69) is 10.1 Å². The number of hydrogen-bond acceptors (Lipinski definition) is 5. The van der Waals surface area contributed by atoms with Gasteiger partial charge >= 0.3 is 12.6 Å². The molecule has 0 amide bonds. The van der Waals surface area contributed by atoms with Crippen molar-refractivity contribution < 1.29 is 23.0 Å². The van der Waals surface area contributed by atoms with Gasteiger partial charge in [0.15, 0.2) is 5.11 Å². The van der Waals surface area contributed by atoms with Gasteiger partial charge in [-0.3, -0.25) is 4.79 Å². The first-order valence-electron chi connectivity index (χ1n) is 6.80. The van der Waals surface area contributed by atoms with Gasteiger partial charge in [0.05, 0.1) is 7.11 Å². The summed E-state index contributed by atoms with van der Waals surface area (Å²) in [5.74, 6) is 0.579. The third-order valence-electron chi connectivity index (χ3n) is 3.15. The lowest BCUT2D eigenvalue weighted by Gasteiger charge is -2.33. The van der Waals surface area contributed by atoms with Crippen LogP contribution in [0.15, 0.2) is 24.3 Å². The van der Waals surface area contributed by atoms with Crippen LogP contribution < -0.4 is 10.1 Å². The number of thiocarbonyl (C=S) groups is 1. The van der Waals surface area contributed by atoms with Gasteiger partial charge in [-0.05, 0) is 36.5 Å². The van der Waals surface area contributed by atoms with E-state index in [-0.39, 0.29) is 17.0 Å². The molecule has 126 valence electrons. The van der Waals surface area contributed by atoms with Gasteiger partial charge in [-0.25, -0.2) is 0 Å². The molecule has 5 nitrogen and oxygen atoms in total. The summed E-state index contributed by atoms with van der Waals surface area (Å²) < 4.78 is 33.2. The lowest BCUT2D eigenvalue weighted by molar-refractivity contribution is -0.140. The molecule has 1 heterocycles. The molecule has 0 bridgehead atoms. The number of carbonyl (C=O) groups excluding carboxylic acids is 1. The summed E-state index contributed by atoms with van der Waals surface area (Å²) in [4.78, 5) is 13.5. The van der Waals surface area contributed by atoms with E-state index in [1.807, 2.05) is 4.90 Å². The fourth-order valence-electron chi connectivity index (χ4n) is 2.03. The van der Waals surface area contributed by atoms with Crippen LogP contribution in [0.25, 0.3) is 0 Å². The second-order valence-corrected chi connectivity index (χ2v) is 6.36. The minimum Gasteiger partial charge on any atom is -0.468 e. The second-order valence-electron chi connectivity index (χ2n) is 4.66. The number of nitrogens with zero attached hydrogens (tertiary/aromatic N) is 1. The highest BCUT2D eigenvalue weighted by atomic mass is 32.2. The smallest absolute Gasteiger partial charge is 0.387 e. The van der Waals surface area contributed by atoms with E-state index in [4.69, 9.17) is 17.0 Å². The highest BCUT2D eigenvalue weighted by Gasteiger charge is 2.28. The van der Waals surface area contributed by atoms with Gasteiger partial charge in [0.1, 0.15) is 11.0 Å². The molecular formula is C14H16F2N2O3S2. The Hall–Kier alpha value is -1.61. The van der Waals surface area contributed by atoms with Crippen LogP contribution in [0.2, 0.25) is 0 Å². The average molecular weight is 362 g/mol. The Kier molecular flexibility index (Phi) is 6.40. The van der Waals surface area contributed by atoms with Crippen LogP contribution in [0, 0.1) is 0 Å². The Morgan fingerprint density at radius 1 is 1.43 bits per heavy atom. The predicted octanol–water partition coefficient (Wildman–Crippen LogP) is 2.58. The minimum atomic E-state index is -2.85. The first kappa shape index (κ1) is 17.7. The molecule has 1 fully saturated rings. The zero-order valence-electron chi connectivity index (χ0n) is 12.3. The van der Waals surface area contributed by atoms with E-state index in [0.717, 1.165) is 12.3 Å². The molecule has 0 spiro atoms. The van der Waals surface area contributed by atoms with Gasteiger partial charge in [-0.15, -0.1) is 11.8 Å². The number of benzene rings is 1. The summed E-state index contributed by atoms with van der Waals surface area (Å²) in [5, 5.41) is 3.23. The summed E-state index contributed by atoms with van der Waals surface area (Å²) in [6.45, 7) is -1.66. The maximum absolute atomic E-state index is 12.1. The summed E-state index contributed by atoms with van der Waals surface area (Å²) >= 11 is 6.88. The Labute approximate surface area is 142 Å². The Balaban J connectivity index is 1.92. The first-order valence-corrected chi connectivity index (χ1v) is 8.25. The Bertz CT molecular complexity index is 557. The largest absolute Gasteiger partial charge is 0.468 e. The minimum absolute atomic E-state index is 0.0802. The number of thioether (sulfide) groups is 1. The number of carbonyl (C=O) groups is 1. The number of nitrogens with one attached hydrogen (secondary N) is 1. The van der Waals surface area contributed by atoms with Crippen molar-refractivity contribution in [3.8, 4) is 5.75 Å². The van der Waals surface area contributed by atoms with E-state index in [0.29, 0.717) is 17.3 Å². The Morgan fingerprint density at radius 3 is 2.74 bits per heavy atom. The van der Waals surface area contributed by atoms with Crippen molar-refractivity contribution in [1.82, 2.24) is 4.90 Å². The quantitative estimate of drug-likeness (QED) is 0.653. The van der Waals surface area contributed by atoms with Gasteiger partial charge < -0.3 is 19.7 Å². The van der Waals surface area contributed by atoms with E-state index in [9.17, 15) is 13.6 Å². The zero-order chi connectivity index (χ0) is 16.8. The fraction of sp³-hybridized carbons (Fsp3) is 0.429. The lowest BCUT2D eigenvalue weighted by Crippen LogP contribution is -2.46. The summed E-state index contributed by atoms with van der Waals surface area (Å²) in [6, 6.07) is 6.06. The van der Waals surface area contributed by atoms with Gasteiger partial charge in [0, 0.05) is 24.5 Å². The molecule has 0 aromatic heterocycles. The SMILES string of the molecule is COC(=O)[C@@H]1CN(C(=S)Nc2ccc(OC(F)F)cc2)CCS1. The fourth-order valence-corrected chi connectivity index (χ4v) is 3.44. The maximum atomic E-state index is 12.1. The van der Waals surface area contributed by atoms with Crippen LogP contribution in [0.4, 0.5) is 14.5 Å². The van der Waals surface area contributed by atoms with E-state index >= 15 is 0 Å². The molecule has 23 heavy (non-hydrogen) atoms. The summed E-state index contributed by atoms with van der Waals surface area (Å²) in [6.07, 6.45) is 0. The lowest BCUT2D eigenvalue weighted by atomic mass is 10.3. The van der Waals surface area contributed by atoms with Crippen molar-refractivity contribution >= 4 is 40.7 Å². The molecule has 1 aromatic rings. The van der Waals surface area contributed by atoms with Crippen LogP contribution in [0.1, 0.15) is 0 Å². The van der Waals surface area contributed by atoms with E-state index in [1.54, 1.807) is 12.1 Å². The van der Waals surface area contributed by atoms with Gasteiger partial charge in [0.25, 0.3) is 0 Å². The molecule has 1 saturated heterocycles. The van der Waals surface area contributed by atoms with E-state index in [1.165, 1.54) is 31.0 Å². The number of esters is 1. The van der Waals surface area contributed by atoms with Crippen molar-refractivity contribution in [3.05, 3.63) is 24.3 Å². The van der Waals surface area contributed by atoms with Crippen LogP contribution in [0.3, 0.4) is 0 Å². The topological polar surface area (TPSA) is 50.8 Å². The molecule has 2 rings (SSSR count).